The Labute approximate surface area is 311 Å². The molecule has 2 atom stereocenters. The maximum absolute atomic E-state index is 15.4. The predicted octanol–water partition coefficient (Wildman–Crippen LogP) is 3.32. The highest BCUT2D eigenvalue weighted by Crippen LogP contribution is 2.40. The number of amidine groups is 1. The first-order valence-corrected chi connectivity index (χ1v) is 17.9. The Morgan fingerprint density at radius 2 is 2.04 bits per heavy atom. The zero-order valence-electron chi connectivity index (χ0n) is 28.3. The van der Waals surface area contributed by atoms with Crippen molar-refractivity contribution in [3.63, 3.8) is 0 Å². The standard InChI is InChI=1S/C35H33FN10O5S2/c1-3-4-5-26-24(10-13-45(26)16-20-7-6-19(14-23(20)36)30(37)41-22-8-11-39-12-9-22)40-15-21-17-52-33-28(32(48)46(33)29(21)34(49)50)43-31(47)27(44-51-2)25-18-53-35(38)42-25/h3-14,18,28,33H,15-17H2,1-2H3,(H2,38,42)(H,43,47)(H,49,50)(H2,37,39,41)/b4-3-,26-5?,40-24?,44-27-/t28-,33-/m1/s1. The number of β-lactam (4-membered cyclic amide) rings is 1. The van der Waals surface area contributed by atoms with Crippen LogP contribution in [0.4, 0.5) is 15.2 Å². The number of amides is 2. The third kappa shape index (κ3) is 7.87. The van der Waals surface area contributed by atoms with E-state index in [2.05, 4.69) is 25.4 Å². The van der Waals surface area contributed by atoms with Crippen molar-refractivity contribution in [2.45, 2.75) is 24.9 Å². The van der Waals surface area contributed by atoms with E-state index in [1.807, 2.05) is 30.1 Å². The van der Waals surface area contributed by atoms with Crippen LogP contribution in [0.5, 0.6) is 0 Å². The molecular weight excluding hydrogens is 724 g/mol. The van der Waals surface area contributed by atoms with Gasteiger partial charge in [0.1, 0.15) is 41.6 Å². The summed E-state index contributed by atoms with van der Waals surface area (Å²) in [5.41, 5.74) is 14.7. The van der Waals surface area contributed by atoms with Gasteiger partial charge in [0.25, 0.3) is 11.8 Å². The number of allylic oxidation sites excluding steroid dienone is 4. The molecule has 0 spiro atoms. The number of benzene rings is 1. The third-order valence-electron chi connectivity index (χ3n) is 8.17. The number of aliphatic imine (C=N–C) groups is 2. The average molecular weight is 757 g/mol. The highest BCUT2D eigenvalue weighted by Gasteiger charge is 2.54. The molecule has 3 aliphatic rings. The summed E-state index contributed by atoms with van der Waals surface area (Å²) >= 11 is 2.41. The van der Waals surface area contributed by atoms with Crippen LogP contribution in [-0.2, 0) is 25.8 Å². The number of carboxylic acid groups (broad SMARTS) is 1. The minimum atomic E-state index is -1.29. The van der Waals surface area contributed by atoms with Crippen molar-refractivity contribution in [1.82, 2.24) is 25.1 Å². The lowest BCUT2D eigenvalue weighted by Gasteiger charge is -2.49. The SMILES string of the molecule is C/C=C\C=C1C(=NCC2=C(C(=O)O)N3C(=O)[C@@H](NC(=O)/C(=N\OC)c4csc(N)n4)[C@H]3SC2)C=CN1Cc1ccc(C(N)=Nc2ccncc2)cc1F. The quantitative estimate of drug-likeness (QED) is 0.0911. The van der Waals surface area contributed by atoms with E-state index in [9.17, 15) is 19.5 Å². The second-order valence-electron chi connectivity index (χ2n) is 11.5. The number of nitrogens with two attached hydrogens (primary N) is 2. The smallest absolute Gasteiger partial charge is 0.352 e. The Morgan fingerprint density at radius 1 is 1.25 bits per heavy atom. The summed E-state index contributed by atoms with van der Waals surface area (Å²) < 4.78 is 15.4. The van der Waals surface area contributed by atoms with Gasteiger partial charge in [0.05, 0.1) is 30.2 Å². The van der Waals surface area contributed by atoms with Crippen LogP contribution >= 0.6 is 23.1 Å². The van der Waals surface area contributed by atoms with Gasteiger partial charge in [0, 0.05) is 40.9 Å². The number of carboxylic acids is 1. The van der Waals surface area contributed by atoms with E-state index in [0.717, 1.165) is 11.3 Å². The number of aliphatic carboxylic acids is 1. The molecule has 6 N–H and O–H groups in total. The lowest BCUT2D eigenvalue weighted by molar-refractivity contribution is -0.150. The summed E-state index contributed by atoms with van der Waals surface area (Å²) in [5.74, 6) is -2.66. The van der Waals surface area contributed by atoms with Gasteiger partial charge in [-0.1, -0.05) is 29.4 Å². The minimum Gasteiger partial charge on any atom is -0.477 e. The number of thioether (sulfide) groups is 1. The highest BCUT2D eigenvalue weighted by atomic mass is 32.2. The second-order valence-corrected chi connectivity index (χ2v) is 13.5. The number of hydrogen-bond donors (Lipinski definition) is 4. The van der Waals surface area contributed by atoms with E-state index >= 15 is 4.39 Å². The summed E-state index contributed by atoms with van der Waals surface area (Å²) in [6.07, 6.45) is 12.2. The van der Waals surface area contributed by atoms with Crippen LogP contribution < -0.4 is 16.8 Å². The zero-order valence-corrected chi connectivity index (χ0v) is 30.0. The van der Waals surface area contributed by atoms with Crippen LogP contribution in [0.1, 0.15) is 23.7 Å². The summed E-state index contributed by atoms with van der Waals surface area (Å²) in [6.45, 7) is 2.02. The lowest BCUT2D eigenvalue weighted by Crippen LogP contribution is -2.71. The number of anilines is 1. The molecule has 2 aromatic heterocycles. The van der Waals surface area contributed by atoms with Gasteiger partial charge in [0.2, 0.25) is 0 Å². The number of carbonyl (C=O) groups excluding carboxylic acids is 2. The molecule has 53 heavy (non-hydrogen) atoms. The summed E-state index contributed by atoms with van der Waals surface area (Å²) in [4.78, 5) is 63.8. The predicted molar refractivity (Wildman–Crippen MR) is 201 cm³/mol. The number of carbonyl (C=O) groups is 3. The Hall–Kier alpha value is -6.14. The van der Waals surface area contributed by atoms with Gasteiger partial charge in [0.15, 0.2) is 10.8 Å². The number of rotatable bonds is 12. The number of halogens is 1. The molecule has 15 nitrogen and oxygen atoms in total. The van der Waals surface area contributed by atoms with Gasteiger partial charge in [-0.3, -0.25) is 24.5 Å². The van der Waals surface area contributed by atoms with Crippen LogP contribution in [0.15, 0.2) is 111 Å². The van der Waals surface area contributed by atoms with E-state index in [-0.39, 0.29) is 46.9 Å². The number of nitrogens with zero attached hydrogens (tertiary/aromatic N) is 7. The van der Waals surface area contributed by atoms with E-state index in [0.29, 0.717) is 33.8 Å². The molecule has 1 fully saturated rings. The molecule has 272 valence electrons. The monoisotopic (exact) mass is 756 g/mol. The number of fused-ring (bicyclic) bond motifs is 1. The molecule has 2 amide bonds. The van der Waals surface area contributed by atoms with Gasteiger partial charge < -0.3 is 31.6 Å². The maximum Gasteiger partial charge on any atom is 0.352 e. The minimum absolute atomic E-state index is 0.0160. The fourth-order valence-electron chi connectivity index (χ4n) is 5.64. The number of pyridine rings is 1. The van der Waals surface area contributed by atoms with Gasteiger partial charge >= 0.3 is 5.97 Å². The molecule has 3 aliphatic heterocycles. The van der Waals surface area contributed by atoms with Crippen LogP contribution in [0.2, 0.25) is 0 Å². The first-order chi connectivity index (χ1) is 25.6. The van der Waals surface area contributed by atoms with Crippen molar-refractivity contribution in [2.24, 2.45) is 20.9 Å². The van der Waals surface area contributed by atoms with Crippen LogP contribution in [0, 0.1) is 5.82 Å². The number of hydrogen-bond acceptors (Lipinski definition) is 13. The Bertz CT molecular complexity index is 2160. The van der Waals surface area contributed by atoms with E-state index < -0.39 is 35.0 Å². The van der Waals surface area contributed by atoms with Crippen molar-refractivity contribution in [3.8, 4) is 0 Å². The van der Waals surface area contributed by atoms with Crippen molar-refractivity contribution >= 4 is 69.0 Å². The first-order valence-electron chi connectivity index (χ1n) is 16.0. The number of thiazole rings is 1. The van der Waals surface area contributed by atoms with Gasteiger partial charge in [-0.25, -0.2) is 19.2 Å². The summed E-state index contributed by atoms with van der Waals surface area (Å²) in [6, 6.07) is 7.07. The van der Waals surface area contributed by atoms with Crippen LogP contribution in [-0.4, -0.2) is 90.7 Å². The van der Waals surface area contributed by atoms with Gasteiger partial charge in [-0.15, -0.1) is 23.1 Å². The molecule has 1 saturated heterocycles. The molecule has 6 rings (SSSR count). The van der Waals surface area contributed by atoms with E-state index in [1.54, 1.807) is 48.9 Å². The van der Waals surface area contributed by atoms with Crippen LogP contribution in [0.3, 0.4) is 0 Å². The Balaban J connectivity index is 1.16. The lowest BCUT2D eigenvalue weighted by atomic mass is 10.0. The van der Waals surface area contributed by atoms with E-state index in [1.165, 1.54) is 35.2 Å². The fourth-order valence-corrected chi connectivity index (χ4v) is 7.52. The molecule has 0 bridgehead atoms. The molecule has 3 aromatic rings. The molecule has 0 unspecified atom stereocenters. The number of aromatic nitrogens is 2. The molecule has 1 aromatic carbocycles. The number of nitrogens with one attached hydrogen (secondary N) is 1. The fraction of sp³-hybridized carbons (Fsp3) is 0.200. The van der Waals surface area contributed by atoms with Crippen molar-refractivity contribution < 1.29 is 28.7 Å². The van der Waals surface area contributed by atoms with Crippen molar-refractivity contribution in [1.29, 1.82) is 0 Å². The Morgan fingerprint density at radius 3 is 2.72 bits per heavy atom. The van der Waals surface area contributed by atoms with E-state index in [4.69, 9.17) is 21.3 Å². The molecule has 0 aliphatic carbocycles. The number of nitrogen functional groups attached to an aromatic ring is 1. The highest BCUT2D eigenvalue weighted by molar-refractivity contribution is 8.00. The molecular formula is C35H33FN10O5S2. The third-order valence-corrected chi connectivity index (χ3v) is 10.2. The summed E-state index contributed by atoms with van der Waals surface area (Å²) in [5, 5.41) is 17.7. The first kappa shape index (κ1) is 36.6. The second kappa shape index (κ2) is 16.0. The topological polar surface area (TPSA) is 214 Å². The molecule has 0 radical (unpaired) electrons. The zero-order chi connectivity index (χ0) is 37.6. The normalized spacial score (nSPS) is 20.4. The largest absolute Gasteiger partial charge is 0.477 e. The van der Waals surface area contributed by atoms with Crippen molar-refractivity contribution in [3.05, 3.63) is 118 Å². The van der Waals surface area contributed by atoms with Crippen molar-refractivity contribution in [2.75, 3.05) is 25.1 Å². The maximum atomic E-state index is 15.4. The molecule has 18 heteroatoms. The molecule has 5 heterocycles. The average Bonchev–Trinajstić information content (AvgIpc) is 3.76. The Kier molecular flexibility index (Phi) is 11.1. The molecule has 0 saturated carbocycles. The summed E-state index contributed by atoms with van der Waals surface area (Å²) in [7, 11) is 1.27. The van der Waals surface area contributed by atoms with Gasteiger partial charge in [-0.05, 0) is 42.8 Å². The van der Waals surface area contributed by atoms with Crippen LogP contribution in [0.25, 0.3) is 0 Å². The van der Waals surface area contributed by atoms with Gasteiger partial charge in [-0.2, -0.15) is 0 Å². The number of oxime groups is 1.